The molecule has 2 rings (SSSR count). The van der Waals surface area contributed by atoms with Crippen molar-refractivity contribution in [2.45, 2.75) is 6.61 Å². The molecule has 0 aliphatic carbocycles. The molecule has 0 atom stereocenters. The molecule has 19 heavy (non-hydrogen) atoms. The van der Waals surface area contributed by atoms with Gasteiger partial charge in [0.05, 0.1) is 20.8 Å². The Morgan fingerprint density at radius 2 is 1.74 bits per heavy atom. The predicted octanol–water partition coefficient (Wildman–Crippen LogP) is 4.95. The third-order valence-electron chi connectivity index (χ3n) is 2.47. The van der Waals surface area contributed by atoms with Crippen LogP contribution in [0.4, 0.5) is 10.1 Å². The molecule has 0 radical (unpaired) electrons. The van der Waals surface area contributed by atoms with E-state index in [9.17, 15) is 4.39 Å². The summed E-state index contributed by atoms with van der Waals surface area (Å²) in [5, 5.41) is 0.695. The fourth-order valence-electron chi connectivity index (χ4n) is 1.48. The van der Waals surface area contributed by atoms with Crippen molar-refractivity contribution in [3.05, 3.63) is 56.8 Å². The Labute approximate surface area is 124 Å². The van der Waals surface area contributed by atoms with E-state index in [1.807, 2.05) is 0 Å². The molecular weight excluding hydrogens is 312 g/mol. The van der Waals surface area contributed by atoms with Gasteiger partial charge in [-0.15, -0.1) is 0 Å². The summed E-state index contributed by atoms with van der Waals surface area (Å²) >= 11 is 17.3. The van der Waals surface area contributed by atoms with Crippen LogP contribution in [0.5, 0.6) is 5.75 Å². The second kappa shape index (κ2) is 5.87. The summed E-state index contributed by atoms with van der Waals surface area (Å²) in [6.07, 6.45) is 0. The van der Waals surface area contributed by atoms with Gasteiger partial charge in [0.25, 0.3) is 0 Å². The largest absolute Gasteiger partial charge is 0.487 e. The van der Waals surface area contributed by atoms with Crippen molar-refractivity contribution >= 4 is 40.5 Å². The number of benzene rings is 2. The first-order valence-corrected chi connectivity index (χ1v) is 6.42. The maximum Gasteiger partial charge on any atom is 0.148 e. The lowest BCUT2D eigenvalue weighted by molar-refractivity contribution is 0.301. The van der Waals surface area contributed by atoms with E-state index in [-0.39, 0.29) is 11.6 Å². The molecule has 2 aromatic rings. The number of halogens is 4. The first kappa shape index (κ1) is 14.3. The molecule has 100 valence electrons. The van der Waals surface area contributed by atoms with Crippen LogP contribution in [-0.2, 0) is 6.61 Å². The summed E-state index contributed by atoms with van der Waals surface area (Å²) in [6, 6.07) is 7.65. The molecule has 0 spiro atoms. The first-order valence-electron chi connectivity index (χ1n) is 5.29. The second-order valence-electron chi connectivity index (χ2n) is 3.81. The average molecular weight is 321 g/mol. The summed E-state index contributed by atoms with van der Waals surface area (Å²) in [6.45, 7) is -0.00540. The van der Waals surface area contributed by atoms with E-state index in [2.05, 4.69) is 0 Å². The Morgan fingerprint density at radius 1 is 1.05 bits per heavy atom. The van der Waals surface area contributed by atoms with Crippen LogP contribution >= 0.6 is 34.8 Å². The molecule has 0 heterocycles. The van der Waals surface area contributed by atoms with E-state index in [4.69, 9.17) is 45.3 Å². The molecule has 0 saturated heterocycles. The fraction of sp³-hybridized carbons (Fsp3) is 0.0769. The van der Waals surface area contributed by atoms with Crippen molar-refractivity contribution < 1.29 is 9.13 Å². The molecule has 0 amide bonds. The van der Waals surface area contributed by atoms with E-state index in [1.54, 1.807) is 12.1 Å². The van der Waals surface area contributed by atoms with Gasteiger partial charge < -0.3 is 10.5 Å². The molecule has 0 unspecified atom stereocenters. The second-order valence-corrected chi connectivity index (χ2v) is 5.03. The number of hydrogen-bond donors (Lipinski definition) is 1. The number of ether oxygens (including phenoxy) is 1. The molecule has 0 bridgehead atoms. The van der Waals surface area contributed by atoms with Crippen molar-refractivity contribution in [2.24, 2.45) is 0 Å². The van der Waals surface area contributed by atoms with Crippen LogP contribution < -0.4 is 10.5 Å². The fourth-order valence-corrected chi connectivity index (χ4v) is 2.00. The van der Waals surface area contributed by atoms with Gasteiger partial charge in [0, 0.05) is 11.6 Å². The lowest BCUT2D eigenvalue weighted by Crippen LogP contribution is -2.01. The Bertz CT molecular complexity index is 619. The molecule has 0 aliphatic heterocycles. The highest BCUT2D eigenvalue weighted by atomic mass is 35.5. The number of nitrogen functional groups attached to an aromatic ring is 1. The van der Waals surface area contributed by atoms with E-state index in [1.165, 1.54) is 18.2 Å². The van der Waals surface area contributed by atoms with Gasteiger partial charge in [0.15, 0.2) is 0 Å². The lowest BCUT2D eigenvalue weighted by atomic mass is 10.2. The smallest absolute Gasteiger partial charge is 0.148 e. The minimum atomic E-state index is -0.511. The van der Waals surface area contributed by atoms with E-state index in [0.29, 0.717) is 27.0 Å². The van der Waals surface area contributed by atoms with E-state index in [0.717, 1.165) is 0 Å². The van der Waals surface area contributed by atoms with Gasteiger partial charge in [-0.2, -0.15) is 0 Å². The summed E-state index contributed by atoms with van der Waals surface area (Å²) in [5.74, 6) is -0.170. The van der Waals surface area contributed by atoms with Crippen molar-refractivity contribution in [1.82, 2.24) is 0 Å². The van der Waals surface area contributed by atoms with Crippen molar-refractivity contribution in [2.75, 3.05) is 5.73 Å². The zero-order valence-electron chi connectivity index (χ0n) is 9.59. The summed E-state index contributed by atoms with van der Waals surface area (Å²) in [7, 11) is 0. The van der Waals surface area contributed by atoms with Crippen LogP contribution in [0, 0.1) is 5.82 Å². The normalized spacial score (nSPS) is 10.5. The number of anilines is 1. The maximum absolute atomic E-state index is 13.7. The highest BCUT2D eigenvalue weighted by molar-refractivity contribution is 6.42. The van der Waals surface area contributed by atoms with Crippen LogP contribution in [0.25, 0.3) is 0 Å². The summed E-state index contributed by atoms with van der Waals surface area (Å²) in [5.41, 5.74) is 6.40. The molecule has 0 aliphatic rings. The van der Waals surface area contributed by atoms with Crippen molar-refractivity contribution in [1.29, 1.82) is 0 Å². The maximum atomic E-state index is 13.7. The first-order chi connectivity index (χ1) is 8.99. The van der Waals surface area contributed by atoms with Gasteiger partial charge in [-0.25, -0.2) is 4.39 Å². The van der Waals surface area contributed by atoms with Crippen LogP contribution in [-0.4, -0.2) is 0 Å². The van der Waals surface area contributed by atoms with Crippen molar-refractivity contribution in [3.8, 4) is 5.75 Å². The molecule has 0 fully saturated rings. The van der Waals surface area contributed by atoms with Gasteiger partial charge in [-0.1, -0.05) is 46.9 Å². The van der Waals surface area contributed by atoms with E-state index < -0.39 is 5.82 Å². The van der Waals surface area contributed by atoms with Crippen molar-refractivity contribution in [3.63, 3.8) is 0 Å². The Hall–Kier alpha value is -1.16. The van der Waals surface area contributed by atoms with Gasteiger partial charge >= 0.3 is 0 Å². The van der Waals surface area contributed by atoms with Crippen LogP contribution in [0.15, 0.2) is 30.3 Å². The van der Waals surface area contributed by atoms with Gasteiger partial charge in [0.1, 0.15) is 18.2 Å². The number of nitrogens with two attached hydrogens (primary N) is 1. The summed E-state index contributed by atoms with van der Waals surface area (Å²) < 4.78 is 19.1. The molecule has 2 N–H and O–H groups in total. The molecule has 2 aromatic carbocycles. The number of rotatable bonds is 3. The zero-order valence-corrected chi connectivity index (χ0v) is 11.9. The SMILES string of the molecule is Nc1cc(Cl)c(Cl)cc1OCc1cccc(Cl)c1F. The van der Waals surface area contributed by atoms with Gasteiger partial charge in [-0.05, 0) is 12.1 Å². The highest BCUT2D eigenvalue weighted by Crippen LogP contribution is 2.33. The minimum absolute atomic E-state index is 0.00540. The van der Waals surface area contributed by atoms with Crippen LogP contribution in [0.2, 0.25) is 15.1 Å². The lowest BCUT2D eigenvalue weighted by Gasteiger charge is -2.11. The standard InChI is InChI=1S/C13H9Cl3FNO/c14-8-3-1-2-7(13(8)17)6-19-12-5-10(16)9(15)4-11(12)18/h1-5H,6,18H2. The molecule has 0 saturated carbocycles. The minimum Gasteiger partial charge on any atom is -0.487 e. The molecule has 6 heteroatoms. The van der Waals surface area contributed by atoms with E-state index >= 15 is 0 Å². The summed E-state index contributed by atoms with van der Waals surface area (Å²) in [4.78, 5) is 0. The predicted molar refractivity (Wildman–Crippen MR) is 76.6 cm³/mol. The molecule has 0 aromatic heterocycles. The highest BCUT2D eigenvalue weighted by Gasteiger charge is 2.10. The third-order valence-corrected chi connectivity index (χ3v) is 3.48. The average Bonchev–Trinajstić information content (AvgIpc) is 2.37. The quantitative estimate of drug-likeness (QED) is 0.812. The Morgan fingerprint density at radius 3 is 2.47 bits per heavy atom. The number of hydrogen-bond acceptors (Lipinski definition) is 2. The van der Waals surface area contributed by atoms with Crippen LogP contribution in [0.3, 0.4) is 0 Å². The third kappa shape index (κ3) is 3.24. The van der Waals surface area contributed by atoms with Crippen LogP contribution in [0.1, 0.15) is 5.56 Å². The zero-order chi connectivity index (χ0) is 14.0. The Kier molecular flexibility index (Phi) is 4.40. The van der Waals surface area contributed by atoms with Gasteiger partial charge in [-0.3, -0.25) is 0 Å². The topological polar surface area (TPSA) is 35.2 Å². The molecule has 2 nitrogen and oxygen atoms in total. The Balaban J connectivity index is 2.19. The molecular formula is C13H9Cl3FNO. The van der Waals surface area contributed by atoms with Gasteiger partial charge in [0.2, 0.25) is 0 Å². The monoisotopic (exact) mass is 319 g/mol.